The third kappa shape index (κ3) is 1.78. The van der Waals surface area contributed by atoms with Crippen molar-refractivity contribution in [2.24, 2.45) is 0 Å². The molecular weight excluding hydrogens is 271 g/mol. The zero-order valence-electron chi connectivity index (χ0n) is 6.78. The van der Waals surface area contributed by atoms with Crippen molar-refractivity contribution in [1.29, 1.82) is 0 Å². The fourth-order valence-corrected chi connectivity index (χ4v) is 1.32. The summed E-state index contributed by atoms with van der Waals surface area (Å²) in [7, 11) is 3.67. The third-order valence-corrected chi connectivity index (χ3v) is 2.20. The molecule has 0 aliphatic heterocycles. The summed E-state index contributed by atoms with van der Waals surface area (Å²) in [5, 5.41) is 8.58. The quantitative estimate of drug-likeness (QED) is 0.508. The number of nitrogens with zero attached hydrogens (tertiary/aromatic N) is 2. The largest absolute Gasteiger partial charge is 0.360 e. The van der Waals surface area contributed by atoms with Crippen LogP contribution in [0.1, 0.15) is 0 Å². The highest BCUT2D eigenvalue weighted by Crippen LogP contribution is 2.28. The molecule has 0 aromatic carbocycles. The van der Waals surface area contributed by atoms with Crippen molar-refractivity contribution in [3.63, 3.8) is 0 Å². The van der Waals surface area contributed by atoms with E-state index in [4.69, 9.17) is 5.26 Å². The van der Waals surface area contributed by atoms with Gasteiger partial charge in [0.15, 0.2) is 5.82 Å². The molecule has 0 unspecified atom stereocenters. The number of anilines is 1. The lowest BCUT2D eigenvalue weighted by atomic mass is 10.4. The highest BCUT2D eigenvalue weighted by Gasteiger charge is 2.10. The first-order valence-corrected chi connectivity index (χ1v) is 4.38. The van der Waals surface area contributed by atoms with Crippen LogP contribution in [-0.2, 0) is 0 Å². The summed E-state index contributed by atoms with van der Waals surface area (Å²) in [6.07, 6.45) is 1.67. The van der Waals surface area contributed by atoms with Crippen LogP contribution in [0, 0.1) is 3.57 Å². The van der Waals surface area contributed by atoms with E-state index >= 15 is 0 Å². The summed E-state index contributed by atoms with van der Waals surface area (Å²) in [5.74, 6) is 1.01. The van der Waals surface area contributed by atoms with E-state index in [9.17, 15) is 0 Å². The van der Waals surface area contributed by atoms with Gasteiger partial charge in [0, 0.05) is 20.3 Å². The van der Waals surface area contributed by atoms with Crippen molar-refractivity contribution >= 4 is 28.4 Å². The molecule has 0 aliphatic rings. The van der Waals surface area contributed by atoms with Crippen LogP contribution in [-0.4, -0.2) is 24.3 Å². The Balaban J connectivity index is 3.18. The zero-order valence-corrected chi connectivity index (χ0v) is 8.94. The van der Waals surface area contributed by atoms with Gasteiger partial charge in [0.25, 0.3) is 0 Å². The number of pyridine rings is 1. The van der Waals surface area contributed by atoms with Gasteiger partial charge in [-0.25, -0.2) is 10.2 Å². The minimum Gasteiger partial charge on any atom is -0.360 e. The molecule has 12 heavy (non-hydrogen) atoms. The van der Waals surface area contributed by atoms with Gasteiger partial charge in [0.1, 0.15) is 0 Å². The predicted octanol–water partition coefficient (Wildman–Crippen LogP) is 1.60. The molecule has 1 aromatic rings. The average Bonchev–Trinajstić information content (AvgIpc) is 2.03. The van der Waals surface area contributed by atoms with Crippen molar-refractivity contribution in [3.05, 3.63) is 15.8 Å². The molecule has 5 heteroatoms. The smallest absolute Gasteiger partial charge is 0.220 e. The second-order valence-electron chi connectivity index (χ2n) is 2.43. The summed E-state index contributed by atoms with van der Waals surface area (Å²) < 4.78 is 0.828. The Morgan fingerprint density at radius 3 is 2.67 bits per heavy atom. The van der Waals surface area contributed by atoms with Gasteiger partial charge >= 0.3 is 0 Å². The fourth-order valence-electron chi connectivity index (χ4n) is 0.817. The van der Waals surface area contributed by atoms with Gasteiger partial charge in [0.2, 0.25) is 5.75 Å². The van der Waals surface area contributed by atoms with Crippen LogP contribution in [0.3, 0.4) is 0 Å². The van der Waals surface area contributed by atoms with Gasteiger partial charge in [-0.2, -0.15) is 0 Å². The number of rotatable bonds is 2. The van der Waals surface area contributed by atoms with E-state index in [0.29, 0.717) is 11.6 Å². The van der Waals surface area contributed by atoms with Gasteiger partial charge in [-0.3, -0.25) is 0 Å². The molecule has 0 radical (unpaired) electrons. The van der Waals surface area contributed by atoms with E-state index < -0.39 is 0 Å². The Bertz CT molecular complexity index is 278. The van der Waals surface area contributed by atoms with Crippen LogP contribution < -0.4 is 9.79 Å². The number of halogens is 1. The van der Waals surface area contributed by atoms with Crippen LogP contribution in [0.2, 0.25) is 0 Å². The number of aromatic nitrogens is 1. The molecule has 0 aliphatic carbocycles. The molecule has 0 saturated heterocycles. The van der Waals surface area contributed by atoms with Crippen molar-refractivity contribution < 1.29 is 10.1 Å². The lowest BCUT2D eigenvalue weighted by Crippen LogP contribution is -2.12. The van der Waals surface area contributed by atoms with E-state index in [2.05, 4.69) is 32.5 Å². The molecule has 1 heterocycles. The third-order valence-electron chi connectivity index (χ3n) is 1.35. The summed E-state index contributed by atoms with van der Waals surface area (Å²) in [4.78, 5) is 10.0. The maximum absolute atomic E-state index is 8.58. The Morgan fingerprint density at radius 1 is 1.58 bits per heavy atom. The standard InChI is InChI=1S/C7H9IN2O2/c1-10(2)7-6(12-11)5(8)3-4-9-7/h3-4,11H,1-2H3. The molecule has 0 saturated carbocycles. The summed E-state index contributed by atoms with van der Waals surface area (Å²) >= 11 is 2.07. The second kappa shape index (κ2) is 3.90. The van der Waals surface area contributed by atoms with Crippen LogP contribution in [0.5, 0.6) is 5.75 Å². The summed E-state index contributed by atoms with van der Waals surface area (Å²) in [5.41, 5.74) is 0. The normalized spacial score (nSPS) is 9.67. The van der Waals surface area contributed by atoms with Crippen LogP contribution >= 0.6 is 22.6 Å². The molecule has 0 atom stereocenters. The molecule has 66 valence electrons. The van der Waals surface area contributed by atoms with E-state index in [1.54, 1.807) is 17.2 Å². The maximum Gasteiger partial charge on any atom is 0.220 e. The lowest BCUT2D eigenvalue weighted by molar-refractivity contribution is -0.138. The van der Waals surface area contributed by atoms with E-state index in [-0.39, 0.29) is 0 Å². The highest BCUT2D eigenvalue weighted by atomic mass is 127. The van der Waals surface area contributed by atoms with E-state index in [0.717, 1.165) is 3.57 Å². The minimum atomic E-state index is 0.392. The zero-order chi connectivity index (χ0) is 9.14. The van der Waals surface area contributed by atoms with E-state index in [1.807, 2.05) is 14.1 Å². The topological polar surface area (TPSA) is 45.6 Å². The number of hydrogen-bond donors (Lipinski definition) is 1. The lowest BCUT2D eigenvalue weighted by Gasteiger charge is -2.13. The van der Waals surface area contributed by atoms with Crippen LogP contribution in [0.4, 0.5) is 5.82 Å². The monoisotopic (exact) mass is 280 g/mol. The van der Waals surface area contributed by atoms with Gasteiger partial charge < -0.3 is 9.79 Å². The number of hydrogen-bond acceptors (Lipinski definition) is 4. The Kier molecular flexibility index (Phi) is 3.10. The molecule has 0 spiro atoms. The van der Waals surface area contributed by atoms with Gasteiger partial charge in [-0.05, 0) is 28.7 Å². The summed E-state index contributed by atoms with van der Waals surface area (Å²) in [6, 6.07) is 1.76. The first kappa shape index (κ1) is 9.53. The molecule has 4 nitrogen and oxygen atoms in total. The van der Waals surface area contributed by atoms with Crippen molar-refractivity contribution in [1.82, 2.24) is 4.98 Å². The first-order chi connectivity index (χ1) is 5.66. The van der Waals surface area contributed by atoms with Crippen molar-refractivity contribution in [2.75, 3.05) is 19.0 Å². The molecule has 1 aromatic heterocycles. The first-order valence-electron chi connectivity index (χ1n) is 3.30. The SMILES string of the molecule is CN(C)c1nccc(I)c1OO. The Morgan fingerprint density at radius 2 is 2.25 bits per heavy atom. The van der Waals surface area contributed by atoms with Gasteiger partial charge in [-0.15, -0.1) is 0 Å². The van der Waals surface area contributed by atoms with Crippen molar-refractivity contribution in [2.45, 2.75) is 0 Å². The predicted molar refractivity (Wildman–Crippen MR) is 54.5 cm³/mol. The molecule has 0 amide bonds. The van der Waals surface area contributed by atoms with Gasteiger partial charge in [0.05, 0.1) is 3.57 Å². The minimum absolute atomic E-state index is 0.392. The maximum atomic E-state index is 8.58. The Labute approximate surface area is 84.2 Å². The molecule has 1 rings (SSSR count). The fraction of sp³-hybridized carbons (Fsp3) is 0.286. The molecule has 1 N–H and O–H groups in total. The molecular formula is C7H9IN2O2. The van der Waals surface area contributed by atoms with Crippen LogP contribution in [0.25, 0.3) is 0 Å². The van der Waals surface area contributed by atoms with Gasteiger partial charge in [-0.1, -0.05) is 0 Å². The van der Waals surface area contributed by atoms with Crippen molar-refractivity contribution in [3.8, 4) is 5.75 Å². The highest BCUT2D eigenvalue weighted by molar-refractivity contribution is 14.1. The second-order valence-corrected chi connectivity index (χ2v) is 3.59. The Hall–Kier alpha value is -0.560. The van der Waals surface area contributed by atoms with E-state index in [1.165, 1.54) is 0 Å². The summed E-state index contributed by atoms with van der Waals surface area (Å²) in [6.45, 7) is 0. The molecule has 0 fully saturated rings. The average molecular weight is 280 g/mol. The van der Waals surface area contributed by atoms with Crippen LogP contribution in [0.15, 0.2) is 12.3 Å². The molecule has 0 bridgehead atoms.